The van der Waals surface area contributed by atoms with E-state index in [2.05, 4.69) is 56.5 Å². The molecule has 0 aliphatic carbocycles. The number of hydrogen-bond donors (Lipinski definition) is 2. The predicted molar refractivity (Wildman–Crippen MR) is 113 cm³/mol. The van der Waals surface area contributed by atoms with E-state index in [1.54, 1.807) is 4.90 Å². The first-order valence-corrected chi connectivity index (χ1v) is 10.4. The van der Waals surface area contributed by atoms with E-state index in [9.17, 15) is 9.59 Å². The van der Waals surface area contributed by atoms with Crippen LogP contribution in [0.5, 0.6) is 0 Å². The number of piperidine rings is 1. The van der Waals surface area contributed by atoms with Gasteiger partial charge in [0.05, 0.1) is 13.2 Å². The Morgan fingerprint density at radius 2 is 1.68 bits per heavy atom. The smallest absolute Gasteiger partial charge is 0.409 e. The fourth-order valence-corrected chi connectivity index (χ4v) is 3.60. The van der Waals surface area contributed by atoms with Crippen molar-refractivity contribution in [2.24, 2.45) is 0 Å². The van der Waals surface area contributed by atoms with Crippen molar-refractivity contribution in [1.82, 2.24) is 10.2 Å². The highest BCUT2D eigenvalue weighted by molar-refractivity contribution is 5.94. The summed E-state index contributed by atoms with van der Waals surface area (Å²) in [7, 11) is 0. The lowest BCUT2D eigenvalue weighted by molar-refractivity contribution is -0.115. The Kier molecular flexibility index (Phi) is 8.30. The Balaban J connectivity index is 1.89. The number of carbonyl (C=O) groups is 2. The maximum atomic E-state index is 12.6. The van der Waals surface area contributed by atoms with E-state index in [0.29, 0.717) is 31.5 Å². The molecule has 2 rings (SSSR count). The van der Waals surface area contributed by atoms with E-state index in [1.807, 2.05) is 6.92 Å². The Bertz CT molecular complexity index is 639. The Hall–Kier alpha value is -2.08. The topological polar surface area (TPSA) is 70.7 Å². The number of hydrogen-bond acceptors (Lipinski definition) is 4. The van der Waals surface area contributed by atoms with E-state index in [1.165, 1.54) is 11.1 Å². The lowest BCUT2D eigenvalue weighted by atomic mass is 9.92. The highest BCUT2D eigenvalue weighted by Gasteiger charge is 2.24. The number of para-hydroxylation sites is 1. The quantitative estimate of drug-likeness (QED) is 0.737. The number of benzene rings is 1. The van der Waals surface area contributed by atoms with Gasteiger partial charge in [-0.1, -0.05) is 45.9 Å². The van der Waals surface area contributed by atoms with Crippen molar-refractivity contribution < 1.29 is 14.3 Å². The lowest BCUT2D eigenvalue weighted by Gasteiger charge is -2.31. The van der Waals surface area contributed by atoms with Crippen LogP contribution in [0.4, 0.5) is 10.5 Å². The molecule has 0 spiro atoms. The fourth-order valence-electron chi connectivity index (χ4n) is 3.60. The largest absolute Gasteiger partial charge is 0.450 e. The number of likely N-dealkylation sites (tertiary alicyclic amines) is 1. The first kappa shape index (κ1) is 22.2. The van der Waals surface area contributed by atoms with Gasteiger partial charge in [-0.05, 0) is 42.7 Å². The van der Waals surface area contributed by atoms with Crippen molar-refractivity contribution in [1.29, 1.82) is 0 Å². The zero-order valence-electron chi connectivity index (χ0n) is 17.9. The summed E-state index contributed by atoms with van der Waals surface area (Å²) in [5.41, 5.74) is 3.29. The SMILES string of the molecule is CCOC(=O)N1CCC(NCC(=O)Nc2c(C(C)C)cccc2C(C)C)CC1. The third-order valence-electron chi connectivity index (χ3n) is 5.21. The second-order valence-electron chi connectivity index (χ2n) is 8.01. The van der Waals surface area contributed by atoms with Crippen molar-refractivity contribution >= 4 is 17.7 Å². The van der Waals surface area contributed by atoms with Crippen LogP contribution in [0.1, 0.15) is 70.4 Å². The molecule has 0 saturated carbocycles. The van der Waals surface area contributed by atoms with Crippen molar-refractivity contribution in [3.8, 4) is 0 Å². The molecule has 0 atom stereocenters. The van der Waals surface area contributed by atoms with Gasteiger partial charge in [-0.25, -0.2) is 4.79 Å². The fraction of sp³-hybridized carbons (Fsp3) is 0.636. The summed E-state index contributed by atoms with van der Waals surface area (Å²) in [4.78, 5) is 26.1. The number of ether oxygens (including phenoxy) is 1. The summed E-state index contributed by atoms with van der Waals surface area (Å²) in [5, 5.41) is 6.48. The van der Waals surface area contributed by atoms with Gasteiger partial charge in [0.25, 0.3) is 0 Å². The average Bonchev–Trinajstić information content (AvgIpc) is 2.66. The molecule has 6 nitrogen and oxygen atoms in total. The molecule has 156 valence electrons. The monoisotopic (exact) mass is 389 g/mol. The van der Waals surface area contributed by atoms with Crippen molar-refractivity contribution in [2.45, 2.75) is 65.3 Å². The maximum absolute atomic E-state index is 12.6. The van der Waals surface area contributed by atoms with E-state index < -0.39 is 0 Å². The molecule has 28 heavy (non-hydrogen) atoms. The molecule has 1 aromatic rings. The van der Waals surface area contributed by atoms with Crippen LogP contribution in [-0.2, 0) is 9.53 Å². The van der Waals surface area contributed by atoms with Gasteiger partial charge in [0.2, 0.25) is 5.91 Å². The van der Waals surface area contributed by atoms with Gasteiger partial charge in [-0.3, -0.25) is 4.79 Å². The molecule has 1 aliphatic rings. The molecule has 0 aromatic heterocycles. The van der Waals surface area contributed by atoms with Gasteiger partial charge >= 0.3 is 6.09 Å². The molecule has 0 bridgehead atoms. The zero-order valence-corrected chi connectivity index (χ0v) is 17.9. The van der Waals surface area contributed by atoms with Crippen LogP contribution in [-0.4, -0.2) is 49.2 Å². The Morgan fingerprint density at radius 1 is 1.11 bits per heavy atom. The van der Waals surface area contributed by atoms with Crippen molar-refractivity contribution in [3.63, 3.8) is 0 Å². The summed E-state index contributed by atoms with van der Waals surface area (Å²) in [6.45, 7) is 12.4. The zero-order chi connectivity index (χ0) is 20.7. The molecule has 1 saturated heterocycles. The minimum Gasteiger partial charge on any atom is -0.450 e. The third-order valence-corrected chi connectivity index (χ3v) is 5.21. The lowest BCUT2D eigenvalue weighted by Crippen LogP contribution is -2.46. The van der Waals surface area contributed by atoms with Crippen LogP contribution >= 0.6 is 0 Å². The maximum Gasteiger partial charge on any atom is 0.409 e. The normalized spacial score (nSPS) is 15.2. The minimum atomic E-state index is -0.245. The van der Waals surface area contributed by atoms with E-state index in [4.69, 9.17) is 4.74 Å². The van der Waals surface area contributed by atoms with Gasteiger partial charge in [0.1, 0.15) is 0 Å². The standard InChI is InChI=1S/C22H35N3O3/c1-6-28-22(27)25-12-10-17(11-13-25)23-14-20(26)24-21-18(15(2)3)8-7-9-19(21)16(4)5/h7-9,15-17,23H,6,10-14H2,1-5H3,(H,24,26). The number of carbonyl (C=O) groups excluding carboxylic acids is 2. The van der Waals surface area contributed by atoms with Gasteiger partial charge in [-0.15, -0.1) is 0 Å². The predicted octanol–water partition coefficient (Wildman–Crippen LogP) is 4.08. The van der Waals surface area contributed by atoms with Crippen molar-refractivity contribution in [2.75, 3.05) is 31.6 Å². The van der Waals surface area contributed by atoms with Crippen LogP contribution < -0.4 is 10.6 Å². The van der Waals surface area contributed by atoms with E-state index >= 15 is 0 Å². The van der Waals surface area contributed by atoms with Crippen LogP contribution in [0.2, 0.25) is 0 Å². The molecule has 1 fully saturated rings. The Labute approximate surface area is 169 Å². The number of anilines is 1. The molecule has 6 heteroatoms. The van der Waals surface area contributed by atoms with Crippen LogP contribution in [0, 0.1) is 0 Å². The number of nitrogens with zero attached hydrogens (tertiary/aromatic N) is 1. The number of nitrogens with one attached hydrogen (secondary N) is 2. The third kappa shape index (κ3) is 5.96. The second kappa shape index (κ2) is 10.5. The molecule has 2 amide bonds. The molecule has 1 aromatic carbocycles. The summed E-state index contributed by atoms with van der Waals surface area (Å²) in [6.07, 6.45) is 1.41. The van der Waals surface area contributed by atoms with Gasteiger partial charge in [-0.2, -0.15) is 0 Å². The summed E-state index contributed by atoms with van der Waals surface area (Å²) >= 11 is 0. The first-order valence-electron chi connectivity index (χ1n) is 10.4. The first-order chi connectivity index (χ1) is 13.3. The van der Waals surface area contributed by atoms with Crippen LogP contribution in [0.3, 0.4) is 0 Å². The Morgan fingerprint density at radius 3 is 2.18 bits per heavy atom. The highest BCUT2D eigenvalue weighted by atomic mass is 16.6. The van der Waals surface area contributed by atoms with Gasteiger partial charge in [0, 0.05) is 24.8 Å². The van der Waals surface area contributed by atoms with Gasteiger partial charge in [0.15, 0.2) is 0 Å². The van der Waals surface area contributed by atoms with E-state index in [-0.39, 0.29) is 24.6 Å². The molecule has 1 aliphatic heterocycles. The van der Waals surface area contributed by atoms with Gasteiger partial charge < -0.3 is 20.3 Å². The minimum absolute atomic E-state index is 0.0252. The summed E-state index contributed by atoms with van der Waals surface area (Å²) in [6, 6.07) is 6.48. The molecule has 0 unspecified atom stereocenters. The highest BCUT2D eigenvalue weighted by Crippen LogP contribution is 2.32. The number of amides is 2. The molecule has 0 radical (unpaired) electrons. The number of rotatable bonds is 7. The molecule has 2 N–H and O–H groups in total. The summed E-state index contributed by atoms with van der Waals surface area (Å²) < 4.78 is 5.04. The van der Waals surface area contributed by atoms with Crippen molar-refractivity contribution in [3.05, 3.63) is 29.3 Å². The van der Waals surface area contributed by atoms with Crippen LogP contribution in [0.15, 0.2) is 18.2 Å². The molecular formula is C22H35N3O3. The average molecular weight is 390 g/mol. The molecule has 1 heterocycles. The summed E-state index contributed by atoms with van der Waals surface area (Å²) in [5.74, 6) is 0.658. The molecular weight excluding hydrogens is 354 g/mol. The van der Waals surface area contributed by atoms with E-state index in [0.717, 1.165) is 18.5 Å². The second-order valence-corrected chi connectivity index (χ2v) is 8.01. The van der Waals surface area contributed by atoms with Crippen LogP contribution in [0.25, 0.3) is 0 Å².